The lowest BCUT2D eigenvalue weighted by Gasteiger charge is -2.38. The summed E-state index contributed by atoms with van der Waals surface area (Å²) in [6.45, 7) is 11.1. The fraction of sp³-hybridized carbons (Fsp3) is 0.867. The van der Waals surface area contributed by atoms with Gasteiger partial charge in [0.15, 0.2) is 0 Å². The highest BCUT2D eigenvalue weighted by molar-refractivity contribution is 5.98. The van der Waals surface area contributed by atoms with Gasteiger partial charge in [-0.15, -0.1) is 0 Å². The van der Waals surface area contributed by atoms with E-state index in [1.807, 2.05) is 20.8 Å². The van der Waals surface area contributed by atoms with E-state index in [0.717, 1.165) is 13.1 Å². The number of hydrogen-bond acceptors (Lipinski definition) is 5. The second-order valence-electron chi connectivity index (χ2n) is 6.44. The van der Waals surface area contributed by atoms with E-state index >= 15 is 0 Å². The molecule has 0 radical (unpaired) electrons. The number of hydrogen-bond donors (Lipinski definition) is 1. The van der Waals surface area contributed by atoms with E-state index in [1.54, 1.807) is 11.8 Å². The maximum atomic E-state index is 12.7. The fourth-order valence-corrected chi connectivity index (χ4v) is 2.57. The summed E-state index contributed by atoms with van der Waals surface area (Å²) in [5.41, 5.74) is -0.467. The number of aliphatic hydroxyl groups excluding tert-OH is 1. The Morgan fingerprint density at radius 1 is 1.19 bits per heavy atom. The van der Waals surface area contributed by atoms with E-state index in [9.17, 15) is 9.59 Å². The Bertz CT molecular complexity index is 357. The predicted octanol–water partition coefficient (Wildman–Crippen LogP) is 0.348. The molecule has 1 rings (SSSR count). The Labute approximate surface area is 127 Å². The summed E-state index contributed by atoms with van der Waals surface area (Å²) in [5, 5.41) is 8.94. The number of piperazine rings is 1. The largest absolute Gasteiger partial charge is 0.465 e. The zero-order chi connectivity index (χ0) is 16.0. The molecular formula is C15H28N2O4. The lowest BCUT2D eigenvalue weighted by molar-refractivity contribution is -0.161. The van der Waals surface area contributed by atoms with E-state index in [2.05, 4.69) is 4.90 Å². The average molecular weight is 300 g/mol. The Morgan fingerprint density at radius 2 is 1.76 bits per heavy atom. The third kappa shape index (κ3) is 4.97. The van der Waals surface area contributed by atoms with Crippen LogP contribution in [0.2, 0.25) is 0 Å². The molecule has 1 fully saturated rings. The number of aliphatic hydroxyl groups is 1. The number of amides is 1. The van der Waals surface area contributed by atoms with Gasteiger partial charge in [-0.2, -0.15) is 0 Å². The Hall–Kier alpha value is -1.14. The maximum Gasteiger partial charge on any atom is 0.319 e. The number of esters is 1. The van der Waals surface area contributed by atoms with Crippen molar-refractivity contribution in [3.8, 4) is 0 Å². The van der Waals surface area contributed by atoms with Gasteiger partial charge in [-0.1, -0.05) is 20.8 Å². The van der Waals surface area contributed by atoms with Gasteiger partial charge in [0.05, 0.1) is 13.2 Å². The minimum atomic E-state index is -0.762. The van der Waals surface area contributed by atoms with Gasteiger partial charge >= 0.3 is 5.97 Å². The van der Waals surface area contributed by atoms with Crippen molar-refractivity contribution >= 4 is 11.9 Å². The molecule has 1 saturated heterocycles. The van der Waals surface area contributed by atoms with Crippen LogP contribution < -0.4 is 0 Å². The van der Waals surface area contributed by atoms with Crippen LogP contribution >= 0.6 is 0 Å². The third-order valence-electron chi connectivity index (χ3n) is 3.74. The Morgan fingerprint density at radius 3 is 2.19 bits per heavy atom. The summed E-state index contributed by atoms with van der Waals surface area (Å²) in [6.07, 6.45) is 0. The van der Waals surface area contributed by atoms with Crippen LogP contribution in [0.1, 0.15) is 27.7 Å². The highest BCUT2D eigenvalue weighted by Crippen LogP contribution is 2.29. The molecule has 21 heavy (non-hydrogen) atoms. The molecule has 0 saturated carbocycles. The first kappa shape index (κ1) is 17.9. The molecule has 1 N–H and O–H groups in total. The Balaban J connectivity index is 2.72. The number of carbonyl (C=O) groups excluding carboxylic acids is 2. The molecule has 0 aliphatic carbocycles. The standard InChI is InChI=1S/C15H28N2O4/c1-5-21-14(20)12(15(2,3)4)13(19)17-8-6-16(7-9-17)10-11-18/h12,18H,5-11H2,1-4H3. The fourth-order valence-electron chi connectivity index (χ4n) is 2.57. The average Bonchev–Trinajstić information content (AvgIpc) is 2.38. The van der Waals surface area contributed by atoms with Gasteiger partial charge in [-0.3, -0.25) is 14.5 Å². The van der Waals surface area contributed by atoms with Crippen molar-refractivity contribution in [2.24, 2.45) is 11.3 Å². The van der Waals surface area contributed by atoms with Gasteiger partial charge in [-0.25, -0.2) is 0 Å². The number of β-amino-alcohol motifs (C(OH)–C–C–N with tert-alkyl or cyclic N) is 1. The minimum Gasteiger partial charge on any atom is -0.465 e. The lowest BCUT2D eigenvalue weighted by Crippen LogP contribution is -2.53. The Kier molecular flexibility index (Phi) is 6.61. The van der Waals surface area contributed by atoms with E-state index in [4.69, 9.17) is 9.84 Å². The lowest BCUT2D eigenvalue weighted by atomic mass is 9.79. The summed E-state index contributed by atoms with van der Waals surface area (Å²) < 4.78 is 5.07. The molecule has 6 nitrogen and oxygen atoms in total. The quantitative estimate of drug-likeness (QED) is 0.586. The zero-order valence-corrected chi connectivity index (χ0v) is 13.6. The molecule has 0 aromatic rings. The van der Waals surface area contributed by atoms with Crippen molar-refractivity contribution < 1.29 is 19.4 Å². The molecule has 1 aliphatic heterocycles. The first-order chi connectivity index (χ1) is 9.81. The van der Waals surface area contributed by atoms with Crippen LogP contribution in [-0.2, 0) is 14.3 Å². The smallest absolute Gasteiger partial charge is 0.319 e. The minimum absolute atomic E-state index is 0.126. The van der Waals surface area contributed by atoms with Crippen molar-refractivity contribution in [3.63, 3.8) is 0 Å². The van der Waals surface area contributed by atoms with E-state index in [1.165, 1.54) is 0 Å². The van der Waals surface area contributed by atoms with E-state index in [-0.39, 0.29) is 19.1 Å². The molecular weight excluding hydrogens is 272 g/mol. The summed E-state index contributed by atoms with van der Waals surface area (Å²) in [6, 6.07) is 0. The van der Waals surface area contributed by atoms with Crippen LogP contribution in [0.25, 0.3) is 0 Å². The normalized spacial score (nSPS) is 18.4. The molecule has 1 heterocycles. The van der Waals surface area contributed by atoms with Crippen molar-refractivity contribution in [1.82, 2.24) is 9.80 Å². The number of carbonyl (C=O) groups is 2. The molecule has 0 aromatic heterocycles. The number of nitrogens with zero attached hydrogens (tertiary/aromatic N) is 2. The maximum absolute atomic E-state index is 12.7. The van der Waals surface area contributed by atoms with E-state index in [0.29, 0.717) is 19.6 Å². The first-order valence-corrected chi connectivity index (χ1v) is 7.60. The predicted molar refractivity (Wildman–Crippen MR) is 79.7 cm³/mol. The van der Waals surface area contributed by atoms with Crippen LogP contribution in [0, 0.1) is 11.3 Å². The molecule has 1 amide bonds. The van der Waals surface area contributed by atoms with E-state index < -0.39 is 17.3 Å². The second kappa shape index (κ2) is 7.75. The molecule has 6 heteroatoms. The molecule has 122 valence electrons. The van der Waals surface area contributed by atoms with Crippen LogP contribution in [0.3, 0.4) is 0 Å². The summed E-state index contributed by atoms with van der Waals surface area (Å²) in [5.74, 6) is -1.35. The monoisotopic (exact) mass is 300 g/mol. The zero-order valence-electron chi connectivity index (χ0n) is 13.6. The molecule has 0 aromatic carbocycles. The number of ether oxygens (including phenoxy) is 1. The van der Waals surface area contributed by atoms with Gasteiger partial charge in [0.1, 0.15) is 5.92 Å². The van der Waals surface area contributed by atoms with Crippen LogP contribution in [0.4, 0.5) is 0 Å². The summed E-state index contributed by atoms with van der Waals surface area (Å²) in [7, 11) is 0. The van der Waals surface area contributed by atoms with Crippen molar-refractivity contribution in [2.45, 2.75) is 27.7 Å². The topological polar surface area (TPSA) is 70.1 Å². The third-order valence-corrected chi connectivity index (χ3v) is 3.74. The highest BCUT2D eigenvalue weighted by Gasteiger charge is 2.41. The second-order valence-corrected chi connectivity index (χ2v) is 6.44. The highest BCUT2D eigenvalue weighted by atomic mass is 16.5. The summed E-state index contributed by atoms with van der Waals surface area (Å²) >= 11 is 0. The van der Waals surface area contributed by atoms with Crippen molar-refractivity contribution in [3.05, 3.63) is 0 Å². The van der Waals surface area contributed by atoms with Crippen molar-refractivity contribution in [2.75, 3.05) is 45.9 Å². The first-order valence-electron chi connectivity index (χ1n) is 7.60. The number of rotatable bonds is 5. The molecule has 1 unspecified atom stereocenters. The van der Waals surface area contributed by atoms with Crippen molar-refractivity contribution in [1.29, 1.82) is 0 Å². The van der Waals surface area contributed by atoms with Crippen LogP contribution in [0.5, 0.6) is 0 Å². The molecule has 0 spiro atoms. The van der Waals surface area contributed by atoms with Gasteiger partial charge in [0, 0.05) is 32.7 Å². The SMILES string of the molecule is CCOC(=O)C(C(=O)N1CCN(CCO)CC1)C(C)(C)C. The molecule has 1 aliphatic rings. The van der Waals surface area contributed by atoms with Gasteiger partial charge in [-0.05, 0) is 12.3 Å². The van der Waals surface area contributed by atoms with Crippen LogP contribution in [0.15, 0.2) is 0 Å². The van der Waals surface area contributed by atoms with Gasteiger partial charge in [0.2, 0.25) is 5.91 Å². The van der Waals surface area contributed by atoms with Gasteiger partial charge < -0.3 is 14.7 Å². The summed E-state index contributed by atoms with van der Waals surface area (Å²) in [4.78, 5) is 28.7. The molecule has 1 atom stereocenters. The molecule has 0 bridgehead atoms. The van der Waals surface area contributed by atoms with Crippen LogP contribution in [-0.4, -0.2) is 72.7 Å². The van der Waals surface area contributed by atoms with Gasteiger partial charge in [0.25, 0.3) is 0 Å².